The van der Waals surface area contributed by atoms with E-state index in [0.717, 1.165) is 77.0 Å². The van der Waals surface area contributed by atoms with Crippen LogP contribution in [0.4, 0.5) is 0 Å². The Labute approximate surface area is 355 Å². The summed E-state index contributed by atoms with van der Waals surface area (Å²) in [6.45, 7) is 3.09. The quantitative estimate of drug-likeness (QED) is 0.0201. The fourth-order valence-electron chi connectivity index (χ4n) is 5.10. The van der Waals surface area contributed by atoms with Crippen molar-refractivity contribution in [2.75, 3.05) is 26.4 Å². The minimum absolute atomic E-state index is 0.00372. The van der Waals surface area contributed by atoms with E-state index in [2.05, 4.69) is 105 Å². The molecule has 0 aromatic carbocycles. The van der Waals surface area contributed by atoms with Crippen molar-refractivity contribution in [2.45, 2.75) is 148 Å². The van der Waals surface area contributed by atoms with Crippen LogP contribution < -0.4 is 5.73 Å². The highest BCUT2D eigenvalue weighted by Crippen LogP contribution is 2.43. The topological polar surface area (TPSA) is 175 Å². The zero-order valence-electron chi connectivity index (χ0n) is 35.9. The van der Waals surface area contributed by atoms with Gasteiger partial charge in [0.1, 0.15) is 6.61 Å². The first kappa shape index (κ1) is 55.6. The lowest BCUT2D eigenvalue weighted by atomic mass is 10.0. The van der Waals surface area contributed by atoms with Gasteiger partial charge in [-0.2, -0.15) is 0 Å². The molecule has 0 aromatic heterocycles. The third-order valence-corrected chi connectivity index (χ3v) is 9.34. The third-order valence-electron chi connectivity index (χ3n) is 8.35. The average Bonchev–Trinajstić information content (AvgIpc) is 3.22. The number of hydrogen-bond donors (Lipinski definition) is 4. The molecule has 0 spiro atoms. The molecule has 334 valence electrons. The van der Waals surface area contributed by atoms with Crippen molar-refractivity contribution in [1.29, 1.82) is 0 Å². The summed E-state index contributed by atoms with van der Waals surface area (Å²) in [6.07, 6.45) is 47.2. The normalized spacial score (nSPS) is 15.4. The maximum atomic E-state index is 12.6. The van der Waals surface area contributed by atoms with Gasteiger partial charge in [0.05, 0.1) is 25.4 Å². The second kappa shape index (κ2) is 41.3. The fraction of sp³-hybridized carbons (Fsp3) is 0.574. The maximum absolute atomic E-state index is 12.6. The van der Waals surface area contributed by atoms with Gasteiger partial charge in [0, 0.05) is 19.4 Å². The first-order valence-electron chi connectivity index (χ1n) is 21.5. The maximum Gasteiger partial charge on any atom is 0.472 e. The van der Waals surface area contributed by atoms with Crippen molar-refractivity contribution >= 4 is 19.8 Å². The Balaban J connectivity index is 4.49. The smallest absolute Gasteiger partial charge is 0.462 e. The lowest BCUT2D eigenvalue weighted by molar-refractivity contribution is -0.161. The molecule has 0 saturated heterocycles. The highest BCUT2D eigenvalue weighted by atomic mass is 31.2. The van der Waals surface area contributed by atoms with Crippen LogP contribution in [0.5, 0.6) is 0 Å². The van der Waals surface area contributed by atoms with Crippen LogP contribution in [0.15, 0.2) is 109 Å². The van der Waals surface area contributed by atoms with Crippen LogP contribution in [0.3, 0.4) is 0 Å². The van der Waals surface area contributed by atoms with Crippen LogP contribution in [0.25, 0.3) is 0 Å². The van der Waals surface area contributed by atoms with Gasteiger partial charge in [0.25, 0.3) is 0 Å². The number of rotatable bonds is 38. The van der Waals surface area contributed by atoms with Crippen LogP contribution in [0, 0.1) is 0 Å². The van der Waals surface area contributed by atoms with E-state index in [1.54, 1.807) is 0 Å². The number of allylic oxidation sites excluding steroid dienone is 17. The summed E-state index contributed by atoms with van der Waals surface area (Å²) in [7, 11) is -4.48. The lowest BCUT2D eigenvalue weighted by Crippen LogP contribution is -2.30. The van der Waals surface area contributed by atoms with Gasteiger partial charge in [0.15, 0.2) is 6.10 Å². The number of phosphoric ester groups is 1. The molecule has 11 nitrogen and oxygen atoms in total. The summed E-state index contributed by atoms with van der Waals surface area (Å²) in [5, 5.41) is 20.7. The van der Waals surface area contributed by atoms with Gasteiger partial charge in [-0.3, -0.25) is 18.6 Å². The SMILES string of the molecule is CC/C=C\C/C=C\C/C=C\C/C=C\C/C=C\CCCCCC(=O)OC[C@H](COP(=O)(O)OCCN)OC(=O)CCC[C@@H](O)[C@H](O)C/C=C\C/C=C\C/C=C\C/C=C\CC. The van der Waals surface area contributed by atoms with E-state index in [9.17, 15) is 29.3 Å². The van der Waals surface area contributed by atoms with Gasteiger partial charge in [-0.15, -0.1) is 0 Å². The van der Waals surface area contributed by atoms with E-state index < -0.39 is 44.7 Å². The standard InChI is InChI=1S/C47H76NO10P/c1-3-5-7-9-11-13-15-17-18-19-20-21-22-23-25-27-29-31-33-37-46(51)55-41-43(42-57-59(53,54)56-40-39-48)58-47(52)38-34-36-45(50)44(49)35-32-30-28-26-24-16-14-12-10-8-6-4-2/h5-8,11-14,17-18,20-21,23-26,30,32,43-45,49-50H,3-4,9-10,15-16,19,22,27-29,31,33-42,48H2,1-2H3,(H,53,54)/b7-5-,8-6-,13-11-,14-12-,18-17-,21-20-,25-23-,26-24-,32-30-/t43-,44-,45-/m1/s1. The minimum Gasteiger partial charge on any atom is -0.462 e. The number of unbranched alkanes of at least 4 members (excludes halogenated alkanes) is 3. The second-order valence-electron chi connectivity index (χ2n) is 13.8. The van der Waals surface area contributed by atoms with E-state index in [1.807, 2.05) is 18.2 Å². The highest BCUT2D eigenvalue weighted by molar-refractivity contribution is 7.47. The number of hydrogen-bond acceptors (Lipinski definition) is 10. The molecule has 1 unspecified atom stereocenters. The molecule has 5 N–H and O–H groups in total. The molecule has 0 aromatic rings. The van der Waals surface area contributed by atoms with E-state index in [-0.39, 0.29) is 51.9 Å². The number of aliphatic hydroxyl groups excluding tert-OH is 2. The predicted octanol–water partition coefficient (Wildman–Crippen LogP) is 10.3. The molecule has 4 atom stereocenters. The molecule has 0 aliphatic heterocycles. The Morgan fingerprint density at radius 1 is 0.576 bits per heavy atom. The van der Waals surface area contributed by atoms with Crippen LogP contribution in [0.1, 0.15) is 129 Å². The molecule has 0 bridgehead atoms. The lowest BCUT2D eigenvalue weighted by Gasteiger charge is -2.20. The molecule has 0 fully saturated rings. The van der Waals surface area contributed by atoms with E-state index in [0.29, 0.717) is 6.42 Å². The molecular weight excluding hydrogens is 769 g/mol. The van der Waals surface area contributed by atoms with Gasteiger partial charge >= 0.3 is 19.8 Å². The van der Waals surface area contributed by atoms with Gasteiger partial charge in [-0.25, -0.2) is 4.57 Å². The predicted molar refractivity (Wildman–Crippen MR) is 240 cm³/mol. The molecule has 0 aliphatic carbocycles. The van der Waals surface area contributed by atoms with Crippen molar-refractivity contribution in [1.82, 2.24) is 0 Å². The number of carbonyl (C=O) groups is 2. The molecule has 0 radical (unpaired) electrons. The van der Waals surface area contributed by atoms with Gasteiger partial charge in [0.2, 0.25) is 0 Å². The number of ether oxygens (including phenoxy) is 2. The number of carbonyl (C=O) groups excluding carboxylic acids is 2. The zero-order chi connectivity index (χ0) is 43.5. The highest BCUT2D eigenvalue weighted by Gasteiger charge is 2.26. The molecule has 0 rings (SSSR count). The van der Waals surface area contributed by atoms with Crippen molar-refractivity contribution in [3.8, 4) is 0 Å². The minimum atomic E-state index is -4.48. The van der Waals surface area contributed by atoms with Crippen molar-refractivity contribution < 1.29 is 47.8 Å². The molecule has 0 heterocycles. The Hall–Kier alpha value is -3.41. The summed E-state index contributed by atoms with van der Waals surface area (Å²) in [5.41, 5.74) is 5.33. The Morgan fingerprint density at radius 3 is 1.56 bits per heavy atom. The summed E-state index contributed by atoms with van der Waals surface area (Å²) >= 11 is 0. The Morgan fingerprint density at radius 2 is 1.05 bits per heavy atom. The van der Waals surface area contributed by atoms with E-state index in [4.69, 9.17) is 24.3 Å². The summed E-state index contributed by atoms with van der Waals surface area (Å²) in [6, 6.07) is 0. The van der Waals surface area contributed by atoms with Gasteiger partial charge in [-0.05, 0) is 96.3 Å². The largest absolute Gasteiger partial charge is 0.472 e. The van der Waals surface area contributed by atoms with Gasteiger partial charge < -0.3 is 30.3 Å². The summed E-state index contributed by atoms with van der Waals surface area (Å²) < 4.78 is 32.5. The first-order valence-corrected chi connectivity index (χ1v) is 23.0. The van der Waals surface area contributed by atoms with Gasteiger partial charge in [-0.1, -0.05) is 130 Å². The van der Waals surface area contributed by atoms with E-state index in [1.165, 1.54) is 0 Å². The van der Waals surface area contributed by atoms with E-state index >= 15 is 0 Å². The second-order valence-corrected chi connectivity index (χ2v) is 15.2. The number of nitrogens with two attached hydrogens (primary N) is 1. The molecule has 0 amide bonds. The third kappa shape index (κ3) is 39.8. The van der Waals surface area contributed by atoms with Crippen LogP contribution in [-0.2, 0) is 32.7 Å². The molecular formula is C47H76NO10P. The summed E-state index contributed by atoms with van der Waals surface area (Å²) in [5.74, 6) is -1.17. The van der Waals surface area contributed by atoms with Crippen molar-refractivity contribution in [2.24, 2.45) is 5.73 Å². The average molecular weight is 846 g/mol. The number of esters is 2. The molecule has 59 heavy (non-hydrogen) atoms. The summed E-state index contributed by atoms with van der Waals surface area (Å²) in [4.78, 5) is 34.9. The number of phosphoric acid groups is 1. The Bertz CT molecular complexity index is 1360. The molecule has 12 heteroatoms. The molecule has 0 aliphatic rings. The zero-order valence-corrected chi connectivity index (χ0v) is 36.8. The van der Waals surface area contributed by atoms with Crippen LogP contribution >= 0.6 is 7.82 Å². The monoisotopic (exact) mass is 846 g/mol. The number of aliphatic hydroxyl groups is 2. The Kier molecular flexibility index (Phi) is 38.9. The first-order chi connectivity index (χ1) is 28.6. The molecule has 0 saturated carbocycles. The van der Waals surface area contributed by atoms with Crippen molar-refractivity contribution in [3.63, 3.8) is 0 Å². The van der Waals surface area contributed by atoms with Crippen LogP contribution in [-0.4, -0.2) is 71.7 Å². The van der Waals surface area contributed by atoms with Crippen LogP contribution in [0.2, 0.25) is 0 Å². The van der Waals surface area contributed by atoms with Crippen molar-refractivity contribution in [3.05, 3.63) is 109 Å². The fourth-order valence-corrected chi connectivity index (χ4v) is 5.86.